The first-order valence-corrected chi connectivity index (χ1v) is 9.95. The molecule has 0 amide bonds. The summed E-state index contributed by atoms with van der Waals surface area (Å²) in [7, 11) is 4.72. The third-order valence-corrected chi connectivity index (χ3v) is 5.36. The summed E-state index contributed by atoms with van der Waals surface area (Å²) in [5.41, 5.74) is 3.56. The Morgan fingerprint density at radius 2 is 1.74 bits per heavy atom. The lowest BCUT2D eigenvalue weighted by Crippen LogP contribution is -2.29. The van der Waals surface area contributed by atoms with Gasteiger partial charge in [0.2, 0.25) is 5.95 Å². The number of nitrogens with one attached hydrogen (secondary N) is 1. The smallest absolute Gasteiger partial charge is 0.338 e. The molecular formula is C23H25N3O5. The van der Waals surface area contributed by atoms with Gasteiger partial charge in [-0.25, -0.2) is 9.78 Å². The number of methoxy groups -OCH3 is 3. The molecule has 31 heavy (non-hydrogen) atoms. The van der Waals surface area contributed by atoms with Gasteiger partial charge in [0, 0.05) is 17.3 Å². The minimum absolute atomic E-state index is 0.267. The first kappa shape index (κ1) is 20.6. The first-order valence-electron chi connectivity index (χ1n) is 9.95. The number of esters is 1. The maximum atomic E-state index is 13.1. The molecule has 3 aromatic rings. The molecule has 0 fully saturated rings. The van der Waals surface area contributed by atoms with Crippen LogP contribution in [0.1, 0.15) is 25.5 Å². The van der Waals surface area contributed by atoms with Crippen LogP contribution in [0, 0.1) is 0 Å². The minimum atomic E-state index is -0.544. The molecule has 2 aromatic carbocycles. The zero-order valence-electron chi connectivity index (χ0n) is 18.2. The number of anilines is 1. The maximum absolute atomic E-state index is 13.1. The van der Waals surface area contributed by atoms with Gasteiger partial charge < -0.3 is 24.3 Å². The zero-order chi connectivity index (χ0) is 22.1. The van der Waals surface area contributed by atoms with Crippen molar-refractivity contribution in [1.29, 1.82) is 0 Å². The van der Waals surface area contributed by atoms with Crippen LogP contribution in [0.15, 0.2) is 47.7 Å². The predicted molar refractivity (Wildman–Crippen MR) is 117 cm³/mol. The van der Waals surface area contributed by atoms with E-state index in [1.54, 1.807) is 34.3 Å². The molecule has 0 saturated heterocycles. The van der Waals surface area contributed by atoms with Gasteiger partial charge in [0.1, 0.15) is 5.75 Å². The molecule has 1 aliphatic heterocycles. The van der Waals surface area contributed by atoms with Gasteiger partial charge in [-0.2, -0.15) is 0 Å². The molecule has 0 saturated carbocycles. The second kappa shape index (κ2) is 8.22. The minimum Gasteiger partial charge on any atom is -0.496 e. The second-order valence-electron chi connectivity index (χ2n) is 7.03. The van der Waals surface area contributed by atoms with Crippen LogP contribution in [0.2, 0.25) is 0 Å². The van der Waals surface area contributed by atoms with E-state index in [0.717, 1.165) is 16.6 Å². The number of hydrogen-bond donors (Lipinski definition) is 1. The van der Waals surface area contributed by atoms with Crippen molar-refractivity contribution in [3.8, 4) is 17.2 Å². The molecule has 0 bridgehead atoms. The second-order valence-corrected chi connectivity index (χ2v) is 7.03. The number of benzene rings is 2. The van der Waals surface area contributed by atoms with Gasteiger partial charge in [-0.1, -0.05) is 12.1 Å². The van der Waals surface area contributed by atoms with Crippen LogP contribution in [0.5, 0.6) is 17.2 Å². The van der Waals surface area contributed by atoms with Crippen LogP contribution in [0.25, 0.3) is 11.0 Å². The Balaban J connectivity index is 2.04. The van der Waals surface area contributed by atoms with Gasteiger partial charge in [-0.05, 0) is 32.0 Å². The third-order valence-electron chi connectivity index (χ3n) is 5.36. The number of aromatic nitrogens is 2. The van der Waals surface area contributed by atoms with Crippen LogP contribution in [0.3, 0.4) is 0 Å². The number of fused-ring (bicyclic) bond motifs is 3. The van der Waals surface area contributed by atoms with Crippen LogP contribution < -0.4 is 19.5 Å². The number of allylic oxidation sites excluding steroid dienone is 1. The maximum Gasteiger partial charge on any atom is 0.338 e. The topological polar surface area (TPSA) is 83.8 Å². The van der Waals surface area contributed by atoms with E-state index < -0.39 is 12.0 Å². The van der Waals surface area contributed by atoms with E-state index in [0.29, 0.717) is 34.5 Å². The molecule has 0 aliphatic carbocycles. The van der Waals surface area contributed by atoms with E-state index >= 15 is 0 Å². The molecule has 1 atom stereocenters. The molecule has 1 aromatic heterocycles. The number of para-hydroxylation sites is 2. The Kier molecular flexibility index (Phi) is 5.46. The first-order chi connectivity index (χ1) is 15.0. The molecule has 1 aliphatic rings. The van der Waals surface area contributed by atoms with Gasteiger partial charge in [-0.15, -0.1) is 0 Å². The van der Waals surface area contributed by atoms with E-state index in [1.165, 1.54) is 0 Å². The fourth-order valence-corrected chi connectivity index (χ4v) is 4.00. The fourth-order valence-electron chi connectivity index (χ4n) is 4.00. The quantitative estimate of drug-likeness (QED) is 0.602. The van der Waals surface area contributed by atoms with Crippen molar-refractivity contribution in [1.82, 2.24) is 9.55 Å². The average molecular weight is 423 g/mol. The van der Waals surface area contributed by atoms with Gasteiger partial charge in [-0.3, -0.25) is 4.57 Å². The number of imidazole rings is 1. The van der Waals surface area contributed by atoms with Gasteiger partial charge in [0.05, 0.1) is 50.6 Å². The van der Waals surface area contributed by atoms with Gasteiger partial charge >= 0.3 is 5.97 Å². The van der Waals surface area contributed by atoms with Gasteiger partial charge in [0.15, 0.2) is 11.5 Å². The predicted octanol–water partition coefficient (Wildman–Crippen LogP) is 3.91. The van der Waals surface area contributed by atoms with E-state index in [9.17, 15) is 4.79 Å². The summed E-state index contributed by atoms with van der Waals surface area (Å²) >= 11 is 0. The molecule has 1 unspecified atom stereocenters. The molecule has 1 N–H and O–H groups in total. The normalized spacial score (nSPS) is 15.3. The molecule has 162 valence electrons. The van der Waals surface area contributed by atoms with Crippen LogP contribution in [-0.2, 0) is 9.53 Å². The Hall–Kier alpha value is -3.68. The summed E-state index contributed by atoms with van der Waals surface area (Å²) < 4.78 is 24.1. The Morgan fingerprint density at radius 1 is 1.06 bits per heavy atom. The van der Waals surface area contributed by atoms with Crippen LogP contribution >= 0.6 is 0 Å². The summed E-state index contributed by atoms with van der Waals surface area (Å²) in [5.74, 6) is 1.85. The molecule has 2 heterocycles. The highest BCUT2D eigenvalue weighted by Crippen LogP contribution is 2.45. The number of carbonyl (C=O) groups is 1. The number of rotatable bonds is 6. The largest absolute Gasteiger partial charge is 0.496 e. The third kappa shape index (κ3) is 3.34. The van der Waals surface area contributed by atoms with Crippen molar-refractivity contribution < 1.29 is 23.7 Å². The van der Waals surface area contributed by atoms with E-state index in [1.807, 2.05) is 41.8 Å². The van der Waals surface area contributed by atoms with Crippen molar-refractivity contribution in [3.05, 3.63) is 53.2 Å². The van der Waals surface area contributed by atoms with Crippen molar-refractivity contribution in [2.45, 2.75) is 19.9 Å². The lowest BCUT2D eigenvalue weighted by Gasteiger charge is -2.31. The summed E-state index contributed by atoms with van der Waals surface area (Å²) in [5, 5.41) is 3.26. The molecular weight excluding hydrogens is 398 g/mol. The highest BCUT2D eigenvalue weighted by atomic mass is 16.5. The molecule has 0 spiro atoms. The van der Waals surface area contributed by atoms with Gasteiger partial charge in [0.25, 0.3) is 0 Å². The van der Waals surface area contributed by atoms with E-state index in [2.05, 4.69) is 5.32 Å². The Bertz CT molecular complexity index is 1180. The Morgan fingerprint density at radius 3 is 2.42 bits per heavy atom. The Labute approximate surface area is 180 Å². The molecule has 8 nitrogen and oxygen atoms in total. The SMILES string of the molecule is CCOC(=O)C1=C(C)Nc2nc3ccccc3n2C1c1cc(OC)c(OC)cc1OC. The van der Waals surface area contributed by atoms with E-state index in [4.69, 9.17) is 23.9 Å². The lowest BCUT2D eigenvalue weighted by atomic mass is 9.93. The van der Waals surface area contributed by atoms with Crippen molar-refractivity contribution in [3.63, 3.8) is 0 Å². The summed E-state index contributed by atoms with van der Waals surface area (Å²) in [6.07, 6.45) is 0. The van der Waals surface area contributed by atoms with Crippen LogP contribution in [0.4, 0.5) is 5.95 Å². The number of ether oxygens (including phenoxy) is 4. The molecule has 4 rings (SSSR count). The highest BCUT2D eigenvalue weighted by Gasteiger charge is 2.37. The summed E-state index contributed by atoms with van der Waals surface area (Å²) in [4.78, 5) is 17.8. The zero-order valence-corrected chi connectivity index (χ0v) is 18.2. The summed E-state index contributed by atoms with van der Waals surface area (Å²) in [6, 6.07) is 10.8. The number of carbonyl (C=O) groups excluding carboxylic acids is 1. The van der Waals surface area contributed by atoms with Crippen molar-refractivity contribution in [2.24, 2.45) is 0 Å². The van der Waals surface area contributed by atoms with E-state index in [-0.39, 0.29) is 6.61 Å². The molecule has 0 radical (unpaired) electrons. The number of hydrogen-bond acceptors (Lipinski definition) is 7. The fraction of sp³-hybridized carbons (Fsp3) is 0.304. The average Bonchev–Trinajstić information content (AvgIpc) is 3.15. The van der Waals surface area contributed by atoms with Crippen molar-refractivity contribution in [2.75, 3.05) is 33.3 Å². The highest BCUT2D eigenvalue weighted by molar-refractivity contribution is 5.94. The standard InChI is InChI=1S/C23H25N3O5/c1-6-31-22(27)20-13(2)24-23-25-15-9-7-8-10-16(15)26(23)21(20)14-11-18(29-4)19(30-5)12-17(14)28-3/h7-12,21H,6H2,1-5H3,(H,24,25). The number of nitrogens with zero attached hydrogens (tertiary/aromatic N) is 2. The molecule has 8 heteroatoms. The van der Waals surface area contributed by atoms with Crippen molar-refractivity contribution >= 4 is 23.0 Å². The summed E-state index contributed by atoms with van der Waals surface area (Å²) in [6.45, 7) is 3.90. The lowest BCUT2D eigenvalue weighted by molar-refractivity contribution is -0.139. The van der Waals surface area contributed by atoms with Crippen LogP contribution in [-0.4, -0.2) is 43.5 Å². The monoisotopic (exact) mass is 423 g/mol.